The van der Waals surface area contributed by atoms with Gasteiger partial charge in [0.2, 0.25) is 0 Å². The maximum absolute atomic E-state index is 13.0. The maximum Gasteiger partial charge on any atom is 0.586 e. The summed E-state index contributed by atoms with van der Waals surface area (Å²) >= 11 is 12.1. The van der Waals surface area contributed by atoms with Crippen molar-refractivity contribution in [3.8, 4) is 11.5 Å². The van der Waals surface area contributed by atoms with E-state index in [1.165, 1.54) is 12.1 Å². The van der Waals surface area contributed by atoms with Crippen LogP contribution in [-0.2, 0) is 0 Å². The molecular weight excluding hydrogens is 361 g/mol. The highest BCUT2D eigenvalue weighted by Gasteiger charge is 2.43. The van der Waals surface area contributed by atoms with E-state index in [0.29, 0.717) is 27.1 Å². The lowest BCUT2D eigenvalue weighted by Crippen LogP contribution is -2.25. The fourth-order valence-corrected chi connectivity index (χ4v) is 2.95. The third-order valence-corrected chi connectivity index (χ3v) is 3.89. The van der Waals surface area contributed by atoms with Gasteiger partial charge in [-0.2, -0.15) is 0 Å². The van der Waals surface area contributed by atoms with E-state index in [2.05, 4.69) is 19.8 Å². The Morgan fingerprint density at radius 3 is 2.58 bits per heavy atom. The SMILES string of the molecule is FC1(F)Oc2ccc(Nc3ccc4cc(Cl)cc(Cl)c4n3)cc2O1. The van der Waals surface area contributed by atoms with Crippen molar-refractivity contribution in [1.29, 1.82) is 0 Å². The third-order valence-electron chi connectivity index (χ3n) is 3.38. The summed E-state index contributed by atoms with van der Waals surface area (Å²) in [5, 5.41) is 4.75. The van der Waals surface area contributed by atoms with Crippen LogP contribution in [0.1, 0.15) is 0 Å². The average molecular weight is 369 g/mol. The number of nitrogens with zero attached hydrogens (tertiary/aromatic N) is 1. The minimum Gasteiger partial charge on any atom is -0.395 e. The second kappa shape index (κ2) is 5.36. The van der Waals surface area contributed by atoms with E-state index in [1.54, 1.807) is 24.3 Å². The summed E-state index contributed by atoms with van der Waals surface area (Å²) in [4.78, 5) is 4.41. The number of pyridine rings is 1. The minimum absolute atomic E-state index is 0.0188. The second-order valence-corrected chi connectivity index (χ2v) is 5.95. The quantitative estimate of drug-likeness (QED) is 0.638. The summed E-state index contributed by atoms with van der Waals surface area (Å²) in [7, 11) is 0. The molecule has 1 aliphatic rings. The molecule has 2 aromatic carbocycles. The number of hydrogen-bond acceptors (Lipinski definition) is 4. The first kappa shape index (κ1) is 15.2. The predicted molar refractivity (Wildman–Crippen MR) is 87.7 cm³/mol. The molecule has 2 heterocycles. The highest BCUT2D eigenvalue weighted by atomic mass is 35.5. The molecule has 0 amide bonds. The van der Waals surface area contributed by atoms with Gasteiger partial charge in [-0.15, -0.1) is 8.78 Å². The van der Waals surface area contributed by atoms with E-state index in [4.69, 9.17) is 23.2 Å². The van der Waals surface area contributed by atoms with Crippen LogP contribution in [0.2, 0.25) is 10.0 Å². The molecule has 1 aromatic heterocycles. The van der Waals surface area contributed by atoms with Gasteiger partial charge >= 0.3 is 6.29 Å². The number of alkyl halides is 2. The van der Waals surface area contributed by atoms with Crippen LogP contribution >= 0.6 is 23.2 Å². The minimum atomic E-state index is -3.64. The van der Waals surface area contributed by atoms with Gasteiger partial charge in [0.05, 0.1) is 10.5 Å². The number of aromatic nitrogens is 1. The number of ether oxygens (including phenoxy) is 2. The van der Waals surface area contributed by atoms with Gasteiger partial charge in [-0.3, -0.25) is 0 Å². The molecule has 3 aromatic rings. The molecule has 24 heavy (non-hydrogen) atoms. The molecule has 0 unspecified atom stereocenters. The van der Waals surface area contributed by atoms with Crippen LogP contribution in [0, 0.1) is 0 Å². The summed E-state index contributed by atoms with van der Waals surface area (Å²) < 4.78 is 34.9. The Balaban J connectivity index is 1.66. The zero-order valence-electron chi connectivity index (χ0n) is 11.8. The van der Waals surface area contributed by atoms with E-state index in [0.717, 1.165) is 5.39 Å². The monoisotopic (exact) mass is 368 g/mol. The molecule has 0 aliphatic carbocycles. The Kier molecular flexibility index (Phi) is 3.40. The molecule has 8 heteroatoms. The Labute approximate surface area is 144 Å². The molecule has 0 saturated heterocycles. The van der Waals surface area contributed by atoms with Crippen molar-refractivity contribution in [3.63, 3.8) is 0 Å². The summed E-state index contributed by atoms with van der Waals surface area (Å²) in [5.74, 6) is 0.433. The number of benzene rings is 2. The van der Waals surface area contributed by atoms with Gasteiger partial charge in [0.25, 0.3) is 0 Å². The molecule has 1 N–H and O–H groups in total. The number of rotatable bonds is 2. The number of nitrogens with one attached hydrogen (secondary N) is 1. The highest BCUT2D eigenvalue weighted by Crippen LogP contribution is 2.42. The number of anilines is 2. The summed E-state index contributed by atoms with van der Waals surface area (Å²) in [6.07, 6.45) is -3.64. The first-order valence-corrected chi connectivity index (χ1v) is 7.58. The van der Waals surface area contributed by atoms with E-state index in [9.17, 15) is 8.78 Å². The Bertz CT molecular complexity index is 966. The topological polar surface area (TPSA) is 43.4 Å². The highest BCUT2D eigenvalue weighted by molar-refractivity contribution is 6.38. The van der Waals surface area contributed by atoms with Gasteiger partial charge in [-0.1, -0.05) is 23.2 Å². The van der Waals surface area contributed by atoms with Gasteiger partial charge in [-0.05, 0) is 36.4 Å². The number of hydrogen-bond donors (Lipinski definition) is 1. The summed E-state index contributed by atoms with van der Waals surface area (Å²) in [5.41, 5.74) is 1.10. The van der Waals surface area contributed by atoms with Crippen LogP contribution in [0.15, 0.2) is 42.5 Å². The fraction of sp³-hybridized carbons (Fsp3) is 0.0625. The van der Waals surface area contributed by atoms with Crippen molar-refractivity contribution < 1.29 is 18.3 Å². The Morgan fingerprint density at radius 2 is 1.75 bits per heavy atom. The van der Waals surface area contributed by atoms with E-state index >= 15 is 0 Å². The lowest BCUT2D eigenvalue weighted by atomic mass is 10.2. The molecule has 0 saturated carbocycles. The number of halogens is 4. The summed E-state index contributed by atoms with van der Waals surface area (Å²) in [6, 6.07) is 11.3. The van der Waals surface area contributed by atoms with Crippen molar-refractivity contribution in [2.24, 2.45) is 0 Å². The predicted octanol–water partition coefficient (Wildman–Crippen LogP) is 5.61. The van der Waals surface area contributed by atoms with Crippen molar-refractivity contribution in [3.05, 3.63) is 52.5 Å². The van der Waals surface area contributed by atoms with Crippen LogP contribution < -0.4 is 14.8 Å². The summed E-state index contributed by atoms with van der Waals surface area (Å²) in [6.45, 7) is 0. The molecule has 0 atom stereocenters. The molecule has 0 spiro atoms. The molecule has 4 nitrogen and oxygen atoms in total. The van der Waals surface area contributed by atoms with Crippen molar-refractivity contribution in [1.82, 2.24) is 4.98 Å². The van der Waals surface area contributed by atoms with E-state index in [-0.39, 0.29) is 11.5 Å². The number of fused-ring (bicyclic) bond motifs is 2. The van der Waals surface area contributed by atoms with Crippen LogP contribution in [0.4, 0.5) is 20.3 Å². The first-order valence-electron chi connectivity index (χ1n) is 6.82. The molecule has 0 radical (unpaired) electrons. The van der Waals surface area contributed by atoms with Crippen LogP contribution in [0.5, 0.6) is 11.5 Å². The van der Waals surface area contributed by atoms with Gasteiger partial charge in [0.15, 0.2) is 11.5 Å². The van der Waals surface area contributed by atoms with E-state index < -0.39 is 6.29 Å². The standard InChI is InChI=1S/C16H8Cl2F2N2O2/c17-9-5-8-1-4-14(22-15(8)11(18)6-9)21-10-2-3-12-13(7-10)24-16(19,20)23-12/h1-7H,(H,21,22). The average Bonchev–Trinajstić information content (AvgIpc) is 2.81. The molecule has 4 rings (SSSR count). The fourth-order valence-electron chi connectivity index (χ4n) is 2.40. The van der Waals surface area contributed by atoms with Gasteiger partial charge in [-0.25, -0.2) is 4.98 Å². The van der Waals surface area contributed by atoms with Gasteiger partial charge < -0.3 is 14.8 Å². The molecule has 1 aliphatic heterocycles. The van der Waals surface area contributed by atoms with Crippen LogP contribution in [-0.4, -0.2) is 11.3 Å². The van der Waals surface area contributed by atoms with Crippen molar-refractivity contribution in [2.75, 3.05) is 5.32 Å². The maximum atomic E-state index is 13.0. The zero-order chi connectivity index (χ0) is 16.9. The van der Waals surface area contributed by atoms with Crippen LogP contribution in [0.25, 0.3) is 10.9 Å². The molecule has 122 valence electrons. The Morgan fingerprint density at radius 1 is 0.958 bits per heavy atom. The second-order valence-electron chi connectivity index (χ2n) is 5.11. The van der Waals surface area contributed by atoms with Crippen molar-refractivity contribution >= 4 is 45.6 Å². The van der Waals surface area contributed by atoms with Gasteiger partial charge in [0, 0.05) is 22.2 Å². The van der Waals surface area contributed by atoms with Crippen LogP contribution in [0.3, 0.4) is 0 Å². The lowest BCUT2D eigenvalue weighted by molar-refractivity contribution is -0.286. The Hall–Kier alpha value is -2.31. The zero-order valence-corrected chi connectivity index (χ0v) is 13.3. The smallest absolute Gasteiger partial charge is 0.395 e. The van der Waals surface area contributed by atoms with E-state index in [1.807, 2.05) is 6.07 Å². The normalized spacial score (nSPS) is 14.8. The largest absolute Gasteiger partial charge is 0.586 e. The van der Waals surface area contributed by atoms with Crippen molar-refractivity contribution in [2.45, 2.75) is 6.29 Å². The van der Waals surface area contributed by atoms with Gasteiger partial charge in [0.1, 0.15) is 5.82 Å². The third kappa shape index (κ3) is 2.79. The molecule has 0 fully saturated rings. The molecular formula is C16H8Cl2F2N2O2. The first-order chi connectivity index (χ1) is 11.4. The molecule has 0 bridgehead atoms. The lowest BCUT2D eigenvalue weighted by Gasteiger charge is -2.08.